The summed E-state index contributed by atoms with van der Waals surface area (Å²) >= 11 is 5.43. The van der Waals surface area contributed by atoms with Gasteiger partial charge >= 0.3 is 0 Å². The number of halogens is 1. The van der Waals surface area contributed by atoms with Crippen LogP contribution in [0.5, 0.6) is 11.5 Å². The van der Waals surface area contributed by atoms with Gasteiger partial charge in [-0.05, 0) is 48.4 Å². The number of rotatable bonds is 5. The van der Waals surface area contributed by atoms with Crippen molar-refractivity contribution < 1.29 is 9.53 Å². The molecule has 0 atom stereocenters. The molecule has 0 aliphatic carbocycles. The first kappa shape index (κ1) is 14.4. The van der Waals surface area contributed by atoms with Crippen LogP contribution in [0.15, 0.2) is 48.5 Å². The second kappa shape index (κ2) is 6.96. The van der Waals surface area contributed by atoms with Crippen LogP contribution in [0.4, 0.5) is 5.69 Å². The van der Waals surface area contributed by atoms with Gasteiger partial charge in [0.1, 0.15) is 17.4 Å². The molecule has 0 aliphatic rings. The molecule has 104 valence electrons. The van der Waals surface area contributed by atoms with E-state index >= 15 is 0 Å². The number of nitrogens with one attached hydrogen (secondary N) is 1. The van der Waals surface area contributed by atoms with Crippen molar-refractivity contribution in [2.24, 2.45) is 0 Å². The number of alkyl halides is 1. The van der Waals surface area contributed by atoms with E-state index in [-0.39, 0.29) is 11.8 Å². The molecule has 4 heteroatoms. The molecule has 0 unspecified atom stereocenters. The lowest BCUT2D eigenvalue weighted by Gasteiger charge is -2.08. The summed E-state index contributed by atoms with van der Waals surface area (Å²) in [6, 6.07) is 15.2. The number of hydrogen-bond donors (Lipinski definition) is 1. The van der Waals surface area contributed by atoms with E-state index in [0.717, 1.165) is 17.9 Å². The largest absolute Gasteiger partial charge is 0.457 e. The molecule has 0 spiro atoms. The molecule has 1 N–H and O–H groups in total. The Bertz CT molecular complexity index is 581. The fourth-order valence-corrected chi connectivity index (χ4v) is 1.83. The maximum Gasteiger partial charge on any atom is 0.239 e. The summed E-state index contributed by atoms with van der Waals surface area (Å²) in [6.07, 6.45) is 0.973. The molecule has 0 saturated carbocycles. The summed E-state index contributed by atoms with van der Waals surface area (Å²) in [5, 5.41) is 2.67. The zero-order chi connectivity index (χ0) is 14.4. The lowest BCUT2D eigenvalue weighted by atomic mass is 10.2. The second-order valence-electron chi connectivity index (χ2n) is 4.31. The van der Waals surface area contributed by atoms with Gasteiger partial charge in [0, 0.05) is 5.69 Å². The van der Waals surface area contributed by atoms with Gasteiger partial charge in [-0.15, -0.1) is 11.6 Å². The maximum atomic E-state index is 11.2. The summed E-state index contributed by atoms with van der Waals surface area (Å²) in [7, 11) is 0. The fourth-order valence-electron chi connectivity index (χ4n) is 1.77. The molecule has 0 fully saturated rings. The Morgan fingerprint density at radius 3 is 2.55 bits per heavy atom. The highest BCUT2D eigenvalue weighted by Crippen LogP contribution is 2.24. The monoisotopic (exact) mass is 289 g/mol. The molecule has 2 aromatic rings. The normalized spacial score (nSPS) is 10.1. The van der Waals surface area contributed by atoms with Crippen LogP contribution in [0.25, 0.3) is 0 Å². The van der Waals surface area contributed by atoms with Crippen LogP contribution in [-0.4, -0.2) is 11.8 Å². The average Bonchev–Trinajstić information content (AvgIpc) is 2.49. The van der Waals surface area contributed by atoms with Crippen LogP contribution >= 0.6 is 11.6 Å². The maximum absolute atomic E-state index is 11.2. The predicted octanol–water partition coefficient (Wildman–Crippen LogP) is 4.22. The van der Waals surface area contributed by atoms with Crippen LogP contribution in [0.3, 0.4) is 0 Å². The van der Waals surface area contributed by atoms with E-state index in [2.05, 4.69) is 18.3 Å². The number of aryl methyl sites for hydroxylation is 1. The first-order valence-corrected chi connectivity index (χ1v) is 6.97. The van der Waals surface area contributed by atoms with Gasteiger partial charge in [-0.25, -0.2) is 0 Å². The van der Waals surface area contributed by atoms with Crippen LogP contribution in [0, 0.1) is 0 Å². The van der Waals surface area contributed by atoms with Gasteiger partial charge in [0.15, 0.2) is 0 Å². The Kier molecular flexibility index (Phi) is 5.02. The number of carbonyl (C=O) groups excluding carboxylic acids is 1. The molecule has 0 radical (unpaired) electrons. The Balaban J connectivity index is 2.04. The van der Waals surface area contributed by atoms with E-state index in [9.17, 15) is 4.79 Å². The van der Waals surface area contributed by atoms with Crippen molar-refractivity contribution in [2.75, 3.05) is 11.2 Å². The number of hydrogen-bond acceptors (Lipinski definition) is 2. The molecule has 0 saturated heterocycles. The average molecular weight is 290 g/mol. The summed E-state index contributed by atoms with van der Waals surface area (Å²) in [6.45, 7) is 2.10. The zero-order valence-electron chi connectivity index (χ0n) is 11.2. The smallest absolute Gasteiger partial charge is 0.239 e. The van der Waals surface area contributed by atoms with Crippen molar-refractivity contribution in [3.63, 3.8) is 0 Å². The Morgan fingerprint density at radius 1 is 1.15 bits per heavy atom. The summed E-state index contributed by atoms with van der Waals surface area (Å²) in [5.41, 5.74) is 1.93. The summed E-state index contributed by atoms with van der Waals surface area (Å²) in [5.74, 6) is 1.25. The number of amides is 1. The van der Waals surface area contributed by atoms with E-state index in [4.69, 9.17) is 16.3 Å². The third-order valence-electron chi connectivity index (χ3n) is 2.80. The van der Waals surface area contributed by atoms with E-state index in [1.165, 1.54) is 5.56 Å². The molecule has 0 heterocycles. The molecular formula is C16H16ClNO2. The van der Waals surface area contributed by atoms with Gasteiger partial charge < -0.3 is 10.1 Å². The van der Waals surface area contributed by atoms with Crippen LogP contribution in [0.2, 0.25) is 0 Å². The molecule has 2 rings (SSSR count). The van der Waals surface area contributed by atoms with Crippen LogP contribution < -0.4 is 10.1 Å². The third-order valence-corrected chi connectivity index (χ3v) is 3.04. The highest BCUT2D eigenvalue weighted by Gasteiger charge is 2.01. The van der Waals surface area contributed by atoms with Crippen molar-refractivity contribution in [3.8, 4) is 11.5 Å². The standard InChI is InChI=1S/C16H16ClNO2/c1-2-12-4-3-5-15(10-12)20-14-8-6-13(7-9-14)18-16(19)11-17/h3-10H,2,11H2,1H3,(H,18,19). The molecule has 3 nitrogen and oxygen atoms in total. The minimum atomic E-state index is -0.226. The van der Waals surface area contributed by atoms with Crippen molar-refractivity contribution in [1.82, 2.24) is 0 Å². The number of carbonyl (C=O) groups is 1. The minimum Gasteiger partial charge on any atom is -0.457 e. The predicted molar refractivity (Wildman–Crippen MR) is 81.7 cm³/mol. The lowest BCUT2D eigenvalue weighted by molar-refractivity contribution is -0.113. The quantitative estimate of drug-likeness (QED) is 0.837. The summed E-state index contributed by atoms with van der Waals surface area (Å²) < 4.78 is 5.77. The first-order chi connectivity index (χ1) is 9.71. The second-order valence-corrected chi connectivity index (χ2v) is 4.58. The molecule has 0 aliphatic heterocycles. The van der Waals surface area contributed by atoms with Crippen molar-refractivity contribution >= 4 is 23.2 Å². The highest BCUT2D eigenvalue weighted by atomic mass is 35.5. The summed E-state index contributed by atoms with van der Waals surface area (Å²) in [4.78, 5) is 11.2. The minimum absolute atomic E-state index is 0.0535. The van der Waals surface area contributed by atoms with Crippen molar-refractivity contribution in [1.29, 1.82) is 0 Å². The van der Waals surface area contributed by atoms with Gasteiger partial charge in [0.25, 0.3) is 0 Å². The first-order valence-electron chi connectivity index (χ1n) is 6.44. The van der Waals surface area contributed by atoms with Crippen molar-refractivity contribution in [3.05, 3.63) is 54.1 Å². The van der Waals surface area contributed by atoms with Gasteiger partial charge in [-0.1, -0.05) is 19.1 Å². The lowest BCUT2D eigenvalue weighted by Crippen LogP contribution is -2.12. The molecule has 2 aromatic carbocycles. The number of ether oxygens (including phenoxy) is 1. The van der Waals surface area contributed by atoms with E-state index in [1.807, 2.05) is 30.3 Å². The zero-order valence-corrected chi connectivity index (χ0v) is 12.0. The van der Waals surface area contributed by atoms with Crippen LogP contribution in [0.1, 0.15) is 12.5 Å². The Labute approximate surface area is 123 Å². The topological polar surface area (TPSA) is 38.3 Å². The van der Waals surface area contributed by atoms with Gasteiger partial charge in [0.2, 0.25) is 5.91 Å². The molecule has 1 amide bonds. The molecular weight excluding hydrogens is 274 g/mol. The van der Waals surface area contributed by atoms with Gasteiger partial charge in [-0.2, -0.15) is 0 Å². The van der Waals surface area contributed by atoms with Gasteiger partial charge in [0.05, 0.1) is 0 Å². The highest BCUT2D eigenvalue weighted by molar-refractivity contribution is 6.29. The number of benzene rings is 2. The van der Waals surface area contributed by atoms with Crippen LogP contribution in [-0.2, 0) is 11.2 Å². The van der Waals surface area contributed by atoms with E-state index in [0.29, 0.717) is 5.69 Å². The number of anilines is 1. The molecule has 0 bridgehead atoms. The van der Waals surface area contributed by atoms with E-state index < -0.39 is 0 Å². The molecule has 0 aromatic heterocycles. The Hall–Kier alpha value is -2.00. The van der Waals surface area contributed by atoms with Crippen molar-refractivity contribution in [2.45, 2.75) is 13.3 Å². The third kappa shape index (κ3) is 4.00. The Morgan fingerprint density at radius 2 is 1.90 bits per heavy atom. The SMILES string of the molecule is CCc1cccc(Oc2ccc(NC(=O)CCl)cc2)c1. The van der Waals surface area contributed by atoms with E-state index in [1.54, 1.807) is 12.1 Å². The molecule has 20 heavy (non-hydrogen) atoms. The fraction of sp³-hybridized carbons (Fsp3) is 0.188. The van der Waals surface area contributed by atoms with Gasteiger partial charge in [-0.3, -0.25) is 4.79 Å².